The number of benzene rings is 1. The van der Waals surface area contributed by atoms with Crippen LogP contribution in [-0.2, 0) is 15.3 Å². The molecule has 1 saturated heterocycles. The van der Waals surface area contributed by atoms with Crippen molar-refractivity contribution in [1.29, 1.82) is 0 Å². The van der Waals surface area contributed by atoms with E-state index in [1.807, 2.05) is 6.20 Å². The van der Waals surface area contributed by atoms with E-state index < -0.39 is 21.6 Å². The average Bonchev–Trinajstić information content (AvgIpc) is 3.24. The first-order valence-corrected chi connectivity index (χ1v) is 11.0. The highest BCUT2D eigenvalue weighted by atomic mass is 32.2. The third kappa shape index (κ3) is 3.16. The Morgan fingerprint density at radius 1 is 1.43 bits per heavy atom. The van der Waals surface area contributed by atoms with Gasteiger partial charge in [-0.2, -0.15) is 0 Å². The molecule has 1 aliphatic heterocycles. The van der Waals surface area contributed by atoms with Gasteiger partial charge < -0.3 is 10.6 Å². The number of primary amides is 1. The fourth-order valence-electron chi connectivity index (χ4n) is 4.07. The van der Waals surface area contributed by atoms with Gasteiger partial charge in [-0.25, -0.2) is 22.3 Å². The van der Waals surface area contributed by atoms with E-state index in [0.29, 0.717) is 29.8 Å². The van der Waals surface area contributed by atoms with Crippen LogP contribution in [0.1, 0.15) is 29.3 Å². The zero-order valence-corrected chi connectivity index (χ0v) is 16.5. The number of aromatic nitrogens is 3. The van der Waals surface area contributed by atoms with Crippen molar-refractivity contribution in [2.24, 2.45) is 5.73 Å². The van der Waals surface area contributed by atoms with Crippen molar-refractivity contribution in [2.75, 3.05) is 31.6 Å². The summed E-state index contributed by atoms with van der Waals surface area (Å²) in [6, 6.07) is 2.39. The maximum Gasteiger partial charge on any atom is 0.251 e. The van der Waals surface area contributed by atoms with E-state index in [0.717, 1.165) is 24.6 Å². The zero-order chi connectivity index (χ0) is 20.3. The lowest BCUT2D eigenvalue weighted by atomic mass is 9.83. The summed E-state index contributed by atoms with van der Waals surface area (Å²) in [7, 11) is -3.02. The Labute approximate surface area is 161 Å². The highest BCUT2D eigenvalue weighted by Gasteiger charge is 2.38. The first-order valence-electron chi connectivity index (χ1n) is 8.97. The number of carbonyl (C=O) groups excluding carboxylic acids is 1. The van der Waals surface area contributed by atoms with Crippen molar-refractivity contribution >= 4 is 32.4 Å². The monoisotopic (exact) mass is 407 g/mol. The molecule has 3 N–H and O–H groups in total. The predicted octanol–water partition coefficient (Wildman–Crippen LogP) is 1.06. The van der Waals surface area contributed by atoms with Gasteiger partial charge in [-0.3, -0.25) is 9.89 Å². The predicted molar refractivity (Wildman–Crippen MR) is 104 cm³/mol. The Bertz CT molecular complexity index is 1200. The second-order valence-electron chi connectivity index (χ2n) is 7.86. The number of nitrogens with two attached hydrogens (primary N) is 1. The van der Waals surface area contributed by atoms with Gasteiger partial charge in [0.15, 0.2) is 5.65 Å². The SMILES string of the molecule is CC1(c2c[nH]n3c2nc2cc(F)cc(C(N)=O)c23)CCN(CCS(C)(=O)=O)C1. The Morgan fingerprint density at radius 3 is 2.86 bits per heavy atom. The molecule has 0 aliphatic carbocycles. The van der Waals surface area contributed by atoms with E-state index in [1.54, 1.807) is 4.52 Å². The zero-order valence-electron chi connectivity index (χ0n) is 15.7. The molecule has 1 aliphatic rings. The van der Waals surface area contributed by atoms with Gasteiger partial charge in [-0.1, -0.05) is 6.92 Å². The van der Waals surface area contributed by atoms with Crippen LogP contribution in [0, 0.1) is 5.82 Å². The minimum Gasteiger partial charge on any atom is -0.366 e. The summed E-state index contributed by atoms with van der Waals surface area (Å²) in [5, 5.41) is 3.11. The normalized spacial score (nSPS) is 21.1. The number of halogens is 1. The quantitative estimate of drug-likeness (QED) is 0.657. The number of carbonyl (C=O) groups is 1. The lowest BCUT2D eigenvalue weighted by molar-refractivity contribution is 0.100. The Morgan fingerprint density at radius 2 is 2.18 bits per heavy atom. The first-order chi connectivity index (χ1) is 13.1. The number of nitrogens with zero attached hydrogens (tertiary/aromatic N) is 3. The molecule has 0 saturated carbocycles. The van der Waals surface area contributed by atoms with E-state index in [-0.39, 0.29) is 16.7 Å². The summed E-state index contributed by atoms with van der Waals surface area (Å²) < 4.78 is 38.4. The van der Waals surface area contributed by atoms with Crippen LogP contribution in [0.4, 0.5) is 4.39 Å². The molecule has 1 fully saturated rings. The molecule has 0 bridgehead atoms. The molecule has 10 heteroatoms. The molecular formula is C18H22FN5O3S. The summed E-state index contributed by atoms with van der Waals surface area (Å²) in [6.45, 7) is 4.06. The van der Waals surface area contributed by atoms with Crippen LogP contribution in [0.3, 0.4) is 0 Å². The number of nitrogens with one attached hydrogen (secondary N) is 1. The van der Waals surface area contributed by atoms with Crippen LogP contribution >= 0.6 is 0 Å². The third-order valence-corrected chi connectivity index (χ3v) is 6.47. The molecule has 2 aromatic heterocycles. The van der Waals surface area contributed by atoms with E-state index in [2.05, 4.69) is 21.9 Å². The lowest BCUT2D eigenvalue weighted by Gasteiger charge is -2.23. The second-order valence-corrected chi connectivity index (χ2v) is 10.1. The number of likely N-dealkylation sites (tertiary alicyclic amines) is 1. The summed E-state index contributed by atoms with van der Waals surface area (Å²) in [6.07, 6.45) is 3.92. The van der Waals surface area contributed by atoms with Crippen LogP contribution in [0.5, 0.6) is 0 Å². The van der Waals surface area contributed by atoms with E-state index in [4.69, 9.17) is 5.73 Å². The molecule has 4 rings (SSSR count). The van der Waals surface area contributed by atoms with Crippen LogP contribution < -0.4 is 5.73 Å². The van der Waals surface area contributed by atoms with Gasteiger partial charge in [-0.15, -0.1) is 0 Å². The van der Waals surface area contributed by atoms with Crippen molar-refractivity contribution in [2.45, 2.75) is 18.8 Å². The van der Waals surface area contributed by atoms with Gasteiger partial charge >= 0.3 is 0 Å². The summed E-state index contributed by atoms with van der Waals surface area (Å²) in [5.74, 6) is -1.16. The number of aromatic amines is 1. The molecule has 8 nitrogen and oxygen atoms in total. The van der Waals surface area contributed by atoms with Gasteiger partial charge in [0.2, 0.25) is 0 Å². The molecular weight excluding hydrogens is 385 g/mol. The van der Waals surface area contributed by atoms with Gasteiger partial charge in [0.1, 0.15) is 21.2 Å². The first kappa shape index (κ1) is 18.9. The molecule has 3 aromatic rings. The van der Waals surface area contributed by atoms with Crippen LogP contribution in [0.2, 0.25) is 0 Å². The fraction of sp³-hybridized carbons (Fsp3) is 0.444. The van der Waals surface area contributed by atoms with E-state index in [1.165, 1.54) is 12.3 Å². The van der Waals surface area contributed by atoms with Crippen LogP contribution in [-0.4, -0.2) is 65.5 Å². The number of imidazole rings is 1. The summed E-state index contributed by atoms with van der Waals surface area (Å²) in [5.41, 5.74) is 7.63. The summed E-state index contributed by atoms with van der Waals surface area (Å²) in [4.78, 5) is 18.5. The number of hydrogen-bond donors (Lipinski definition) is 2. The van der Waals surface area contributed by atoms with Crippen LogP contribution in [0.25, 0.3) is 16.7 Å². The minimum absolute atomic E-state index is 0.0715. The maximum atomic E-state index is 13.9. The third-order valence-electron chi connectivity index (χ3n) is 5.54. The molecule has 1 atom stereocenters. The summed E-state index contributed by atoms with van der Waals surface area (Å²) >= 11 is 0. The van der Waals surface area contributed by atoms with Crippen molar-refractivity contribution in [1.82, 2.24) is 19.5 Å². The van der Waals surface area contributed by atoms with Gasteiger partial charge in [0, 0.05) is 42.6 Å². The standard InChI is InChI=1S/C18H22FN5O3S/c1-18(3-4-23(10-18)5-6-28(2,26)27)13-9-21-24-15-12(16(20)25)7-11(19)8-14(15)22-17(13)24/h7-9,21H,3-6,10H2,1-2H3,(H2,20,25). The topological polar surface area (TPSA) is 114 Å². The highest BCUT2D eigenvalue weighted by Crippen LogP contribution is 2.37. The lowest BCUT2D eigenvalue weighted by Crippen LogP contribution is -2.31. The Hall–Kier alpha value is -2.46. The second kappa shape index (κ2) is 6.28. The molecule has 0 radical (unpaired) electrons. The number of fused-ring (bicyclic) bond motifs is 3. The van der Waals surface area contributed by atoms with Crippen molar-refractivity contribution in [3.05, 3.63) is 35.3 Å². The fourth-order valence-corrected chi connectivity index (χ4v) is 4.66. The number of amides is 1. The van der Waals surface area contributed by atoms with Gasteiger partial charge in [0.05, 0.1) is 16.8 Å². The molecule has 0 spiro atoms. The Balaban J connectivity index is 1.74. The molecule has 1 aromatic carbocycles. The maximum absolute atomic E-state index is 13.9. The molecule has 150 valence electrons. The molecule has 3 heterocycles. The van der Waals surface area contributed by atoms with Crippen molar-refractivity contribution < 1.29 is 17.6 Å². The average molecular weight is 407 g/mol. The largest absolute Gasteiger partial charge is 0.366 e. The van der Waals surface area contributed by atoms with Gasteiger partial charge in [-0.05, 0) is 19.0 Å². The van der Waals surface area contributed by atoms with E-state index in [9.17, 15) is 17.6 Å². The van der Waals surface area contributed by atoms with Crippen molar-refractivity contribution in [3.8, 4) is 0 Å². The minimum atomic E-state index is -3.02. The number of sulfone groups is 1. The number of rotatable bonds is 5. The van der Waals surface area contributed by atoms with E-state index >= 15 is 0 Å². The molecule has 1 amide bonds. The van der Waals surface area contributed by atoms with Crippen LogP contribution in [0.15, 0.2) is 18.3 Å². The number of H-pyrrole nitrogens is 1. The highest BCUT2D eigenvalue weighted by molar-refractivity contribution is 7.90. The Kier molecular flexibility index (Phi) is 4.23. The van der Waals surface area contributed by atoms with Gasteiger partial charge in [0.25, 0.3) is 5.91 Å². The van der Waals surface area contributed by atoms with Crippen molar-refractivity contribution in [3.63, 3.8) is 0 Å². The smallest absolute Gasteiger partial charge is 0.251 e. The molecule has 1 unspecified atom stereocenters. The number of hydrogen-bond acceptors (Lipinski definition) is 5. The molecule has 28 heavy (non-hydrogen) atoms.